The molecular formula is C75H145NO5. The summed E-state index contributed by atoms with van der Waals surface area (Å²) in [5.41, 5.74) is 0. The number of hydrogen-bond donors (Lipinski definition) is 3. The summed E-state index contributed by atoms with van der Waals surface area (Å²) in [5.74, 6) is -0.0453. The number of carbonyl (C=O) groups is 2. The molecule has 2 unspecified atom stereocenters. The molecule has 81 heavy (non-hydrogen) atoms. The van der Waals surface area contributed by atoms with Crippen molar-refractivity contribution in [3.8, 4) is 0 Å². The van der Waals surface area contributed by atoms with Crippen LogP contribution in [0, 0.1) is 0 Å². The van der Waals surface area contributed by atoms with Gasteiger partial charge in [-0.3, -0.25) is 9.59 Å². The third-order valence-electron chi connectivity index (χ3n) is 17.5. The molecular weight excluding hydrogens is 995 g/mol. The molecule has 0 aromatic carbocycles. The Morgan fingerprint density at radius 1 is 0.333 bits per heavy atom. The summed E-state index contributed by atoms with van der Waals surface area (Å²) in [6, 6.07) is -0.629. The molecule has 0 aromatic rings. The number of allylic oxidation sites excluding steroid dienone is 3. The minimum atomic E-state index is -0.846. The highest BCUT2D eigenvalue weighted by atomic mass is 16.5. The molecule has 6 heteroatoms. The fourth-order valence-corrected chi connectivity index (χ4v) is 11.8. The molecule has 0 spiro atoms. The number of carbonyl (C=O) groups excluding carboxylic acids is 2. The van der Waals surface area contributed by atoms with Crippen LogP contribution in [-0.2, 0) is 14.3 Å². The number of ether oxygens (including phenoxy) is 1. The maximum Gasteiger partial charge on any atom is 0.305 e. The Balaban J connectivity index is 3.40. The number of aliphatic hydroxyl groups excluding tert-OH is 2. The summed E-state index contributed by atoms with van der Waals surface area (Å²) in [6.07, 6.45) is 89.9. The fourth-order valence-electron chi connectivity index (χ4n) is 11.8. The lowest BCUT2D eigenvalue weighted by Gasteiger charge is -2.20. The average molecular weight is 1140 g/mol. The monoisotopic (exact) mass is 1140 g/mol. The molecule has 0 aliphatic carbocycles. The van der Waals surface area contributed by atoms with Gasteiger partial charge in [-0.15, -0.1) is 0 Å². The summed E-state index contributed by atoms with van der Waals surface area (Å²) >= 11 is 0. The SMILES string of the molecule is CCCCCCCCCCCCCCCCCCCCCCC/C=C/C(O)C(CO)NC(=O)CCCCCCCCCCCCCC/C=C\CCCCCCCCCCCCCCOC(=O)CCCCCCCCCCCCCCC. The first-order valence-corrected chi connectivity index (χ1v) is 37.1. The molecule has 0 saturated carbocycles. The van der Waals surface area contributed by atoms with Crippen LogP contribution in [0.4, 0.5) is 0 Å². The number of nitrogens with one attached hydrogen (secondary N) is 1. The zero-order chi connectivity index (χ0) is 58.5. The third-order valence-corrected chi connectivity index (χ3v) is 17.5. The second-order valence-electron chi connectivity index (χ2n) is 25.6. The molecule has 1 amide bonds. The van der Waals surface area contributed by atoms with Crippen LogP contribution in [0.25, 0.3) is 0 Å². The van der Waals surface area contributed by atoms with Crippen LogP contribution in [0.15, 0.2) is 24.3 Å². The lowest BCUT2D eigenvalue weighted by molar-refractivity contribution is -0.143. The van der Waals surface area contributed by atoms with Crippen molar-refractivity contribution in [1.82, 2.24) is 5.32 Å². The fraction of sp³-hybridized carbons (Fsp3) is 0.920. The molecule has 0 radical (unpaired) electrons. The molecule has 0 rings (SSSR count). The van der Waals surface area contributed by atoms with Crippen molar-refractivity contribution in [2.45, 2.75) is 431 Å². The number of aliphatic hydroxyl groups is 2. The number of hydrogen-bond acceptors (Lipinski definition) is 5. The molecule has 3 N–H and O–H groups in total. The topological polar surface area (TPSA) is 95.9 Å². The van der Waals surface area contributed by atoms with Gasteiger partial charge in [0.05, 0.1) is 25.4 Å². The third kappa shape index (κ3) is 67.3. The van der Waals surface area contributed by atoms with E-state index in [1.54, 1.807) is 6.08 Å². The molecule has 0 saturated heterocycles. The van der Waals surface area contributed by atoms with Crippen LogP contribution in [0.2, 0.25) is 0 Å². The highest BCUT2D eigenvalue weighted by Crippen LogP contribution is 2.19. The molecule has 2 atom stereocenters. The van der Waals surface area contributed by atoms with Crippen molar-refractivity contribution < 1.29 is 24.5 Å². The van der Waals surface area contributed by atoms with Crippen molar-refractivity contribution in [3.63, 3.8) is 0 Å². The van der Waals surface area contributed by atoms with Gasteiger partial charge >= 0.3 is 5.97 Å². The first kappa shape index (κ1) is 79.3. The second kappa shape index (κ2) is 70.8. The van der Waals surface area contributed by atoms with Crippen LogP contribution >= 0.6 is 0 Å². The Morgan fingerprint density at radius 2 is 0.580 bits per heavy atom. The molecule has 0 aromatic heterocycles. The van der Waals surface area contributed by atoms with Crippen molar-refractivity contribution in [2.24, 2.45) is 0 Å². The van der Waals surface area contributed by atoms with Gasteiger partial charge in [0.1, 0.15) is 0 Å². The zero-order valence-electron chi connectivity index (χ0n) is 55.0. The summed E-state index contributed by atoms with van der Waals surface area (Å²) in [5, 5.41) is 23.3. The summed E-state index contributed by atoms with van der Waals surface area (Å²) in [6.45, 7) is 4.95. The van der Waals surface area contributed by atoms with Crippen molar-refractivity contribution >= 4 is 11.9 Å². The molecule has 0 fully saturated rings. The maximum atomic E-state index is 12.5. The molecule has 0 aliphatic rings. The van der Waals surface area contributed by atoms with Gasteiger partial charge < -0.3 is 20.3 Å². The first-order chi connectivity index (χ1) is 40.0. The normalized spacial score (nSPS) is 12.6. The largest absolute Gasteiger partial charge is 0.466 e. The van der Waals surface area contributed by atoms with E-state index in [4.69, 9.17) is 4.74 Å². The van der Waals surface area contributed by atoms with Crippen molar-refractivity contribution in [3.05, 3.63) is 24.3 Å². The Kier molecular flexibility index (Phi) is 69.4. The molecule has 0 bridgehead atoms. The van der Waals surface area contributed by atoms with E-state index in [-0.39, 0.29) is 18.5 Å². The number of unbranched alkanes of at least 4 members (excludes halogenated alkanes) is 57. The van der Waals surface area contributed by atoms with Crippen LogP contribution in [0.3, 0.4) is 0 Å². The van der Waals surface area contributed by atoms with Gasteiger partial charge in [-0.25, -0.2) is 0 Å². The van der Waals surface area contributed by atoms with E-state index < -0.39 is 12.1 Å². The van der Waals surface area contributed by atoms with E-state index >= 15 is 0 Å². The average Bonchev–Trinajstić information content (AvgIpc) is 3.47. The highest BCUT2D eigenvalue weighted by molar-refractivity contribution is 5.76. The summed E-state index contributed by atoms with van der Waals surface area (Å²) in [7, 11) is 0. The highest BCUT2D eigenvalue weighted by Gasteiger charge is 2.18. The van der Waals surface area contributed by atoms with Crippen molar-refractivity contribution in [1.29, 1.82) is 0 Å². The first-order valence-electron chi connectivity index (χ1n) is 37.1. The Labute approximate surface area is 507 Å². The van der Waals surface area contributed by atoms with Gasteiger partial charge in [-0.05, 0) is 57.8 Å². The van der Waals surface area contributed by atoms with Crippen molar-refractivity contribution in [2.75, 3.05) is 13.2 Å². The minimum absolute atomic E-state index is 0.0179. The van der Waals surface area contributed by atoms with Crippen LogP contribution in [0.5, 0.6) is 0 Å². The van der Waals surface area contributed by atoms with E-state index in [0.29, 0.717) is 19.4 Å². The number of rotatable bonds is 70. The van der Waals surface area contributed by atoms with E-state index in [1.807, 2.05) is 6.08 Å². The van der Waals surface area contributed by atoms with Crippen LogP contribution in [0.1, 0.15) is 418 Å². The van der Waals surface area contributed by atoms with Gasteiger partial charge in [-0.2, -0.15) is 0 Å². The number of amides is 1. The second-order valence-corrected chi connectivity index (χ2v) is 25.6. The van der Waals surface area contributed by atoms with Gasteiger partial charge in [0.25, 0.3) is 0 Å². The van der Waals surface area contributed by atoms with Gasteiger partial charge in [-0.1, -0.05) is 372 Å². The maximum absolute atomic E-state index is 12.5. The van der Waals surface area contributed by atoms with E-state index in [1.165, 1.54) is 353 Å². The molecule has 480 valence electrons. The predicted octanol–water partition coefficient (Wildman–Crippen LogP) is 24.1. The smallest absolute Gasteiger partial charge is 0.305 e. The quantitative estimate of drug-likeness (QED) is 0.0320. The standard InChI is InChI=1S/C75H145NO5/c1-3-5-7-9-11-13-15-17-18-19-20-21-28-31-34-37-40-44-47-51-55-59-63-67-73(78)72(71-77)76-74(79)68-64-60-56-52-48-45-41-38-35-32-29-26-24-22-23-25-27-30-33-36-39-42-46-50-54-58-62-66-70-81-75(80)69-65-61-57-53-49-43-16-14-12-10-8-6-4-2/h22-23,63,67,72-73,77-78H,3-21,24-62,64-66,68-71H2,1-2H3,(H,76,79)/b23-22-,67-63+. The van der Waals surface area contributed by atoms with E-state index in [0.717, 1.165) is 38.5 Å². The Hall–Kier alpha value is -1.66. The van der Waals surface area contributed by atoms with Gasteiger partial charge in [0, 0.05) is 12.8 Å². The lowest BCUT2D eigenvalue weighted by Crippen LogP contribution is -2.45. The number of esters is 1. The Bertz CT molecular complexity index is 1270. The van der Waals surface area contributed by atoms with E-state index in [2.05, 4.69) is 31.3 Å². The van der Waals surface area contributed by atoms with Gasteiger partial charge in [0.15, 0.2) is 0 Å². The molecule has 0 heterocycles. The minimum Gasteiger partial charge on any atom is -0.466 e. The Morgan fingerprint density at radius 3 is 0.877 bits per heavy atom. The van der Waals surface area contributed by atoms with Crippen LogP contribution < -0.4 is 5.32 Å². The van der Waals surface area contributed by atoms with Gasteiger partial charge in [0.2, 0.25) is 5.91 Å². The zero-order valence-corrected chi connectivity index (χ0v) is 55.0. The summed E-state index contributed by atoms with van der Waals surface area (Å²) in [4.78, 5) is 24.6. The molecule has 6 nitrogen and oxygen atoms in total. The lowest BCUT2D eigenvalue weighted by atomic mass is 10.0. The van der Waals surface area contributed by atoms with E-state index in [9.17, 15) is 19.8 Å². The molecule has 0 aliphatic heterocycles. The summed E-state index contributed by atoms with van der Waals surface area (Å²) < 4.78 is 5.49. The predicted molar refractivity (Wildman–Crippen MR) is 356 cm³/mol. The van der Waals surface area contributed by atoms with Crippen LogP contribution in [-0.4, -0.2) is 47.4 Å².